The van der Waals surface area contributed by atoms with Crippen LogP contribution in [0, 0.1) is 12.7 Å². The maximum Gasteiger partial charge on any atom is 0.224 e. The number of hydrogen-bond acceptors (Lipinski definition) is 3. The van der Waals surface area contributed by atoms with Crippen molar-refractivity contribution in [1.82, 2.24) is 4.98 Å². The predicted octanol–water partition coefficient (Wildman–Crippen LogP) is 3.14. The molecule has 1 aromatic heterocycles. The Labute approximate surface area is 109 Å². The molecule has 1 heterocycles. The molecule has 0 spiro atoms. The van der Waals surface area contributed by atoms with Crippen molar-refractivity contribution in [2.75, 3.05) is 4.90 Å². The van der Waals surface area contributed by atoms with Crippen LogP contribution in [0.25, 0.3) is 0 Å². The first-order valence-electron chi connectivity index (χ1n) is 5.51. The Morgan fingerprint density at radius 1 is 1.39 bits per heavy atom. The van der Waals surface area contributed by atoms with Crippen LogP contribution in [0.2, 0.25) is 0 Å². The molecule has 0 saturated heterocycles. The quantitative estimate of drug-likeness (QED) is 0.853. The molecule has 0 atom stereocenters. The zero-order valence-corrected chi connectivity index (χ0v) is 11.0. The third-order valence-electron chi connectivity index (χ3n) is 2.51. The van der Waals surface area contributed by atoms with E-state index in [0.717, 1.165) is 10.7 Å². The van der Waals surface area contributed by atoms with E-state index in [-0.39, 0.29) is 11.7 Å². The number of thiazole rings is 1. The topological polar surface area (TPSA) is 33.2 Å². The van der Waals surface area contributed by atoms with E-state index in [4.69, 9.17) is 0 Å². The van der Waals surface area contributed by atoms with E-state index in [1.165, 1.54) is 19.1 Å². The second-order valence-electron chi connectivity index (χ2n) is 3.94. The third kappa shape index (κ3) is 2.92. The summed E-state index contributed by atoms with van der Waals surface area (Å²) in [7, 11) is 0. The Kier molecular flexibility index (Phi) is 3.72. The van der Waals surface area contributed by atoms with E-state index in [1.54, 1.807) is 28.4 Å². The van der Waals surface area contributed by atoms with Gasteiger partial charge >= 0.3 is 0 Å². The zero-order valence-electron chi connectivity index (χ0n) is 10.2. The SMILES string of the molecule is CC(=O)N(Cc1csc(C)n1)c1ccc(F)cc1. The second-order valence-corrected chi connectivity index (χ2v) is 5.00. The van der Waals surface area contributed by atoms with Crippen molar-refractivity contribution in [3.63, 3.8) is 0 Å². The summed E-state index contributed by atoms with van der Waals surface area (Å²) in [6.07, 6.45) is 0. The molecule has 0 bridgehead atoms. The molecule has 0 aliphatic carbocycles. The molecular formula is C13H13FN2OS. The van der Waals surface area contributed by atoms with Gasteiger partial charge in [0.25, 0.3) is 0 Å². The first-order chi connectivity index (χ1) is 8.56. The summed E-state index contributed by atoms with van der Waals surface area (Å²) in [4.78, 5) is 17.6. The minimum absolute atomic E-state index is 0.0905. The highest BCUT2D eigenvalue weighted by molar-refractivity contribution is 7.09. The van der Waals surface area contributed by atoms with Crippen LogP contribution < -0.4 is 4.90 Å². The van der Waals surface area contributed by atoms with Crippen LogP contribution in [-0.2, 0) is 11.3 Å². The molecule has 2 aromatic rings. The molecule has 94 valence electrons. The normalized spacial score (nSPS) is 10.4. The number of hydrogen-bond donors (Lipinski definition) is 0. The monoisotopic (exact) mass is 264 g/mol. The van der Waals surface area contributed by atoms with Gasteiger partial charge in [0.05, 0.1) is 17.2 Å². The number of aromatic nitrogens is 1. The summed E-state index contributed by atoms with van der Waals surface area (Å²) in [5, 5.41) is 2.89. The summed E-state index contributed by atoms with van der Waals surface area (Å²) >= 11 is 1.55. The fraction of sp³-hybridized carbons (Fsp3) is 0.231. The molecule has 5 heteroatoms. The van der Waals surface area contributed by atoms with Gasteiger partial charge in [-0.2, -0.15) is 0 Å². The smallest absolute Gasteiger partial charge is 0.224 e. The molecule has 1 aromatic carbocycles. The number of carbonyl (C=O) groups excluding carboxylic acids is 1. The van der Waals surface area contributed by atoms with Crippen molar-refractivity contribution in [2.24, 2.45) is 0 Å². The molecule has 0 aliphatic heterocycles. The summed E-state index contributed by atoms with van der Waals surface area (Å²) in [5.41, 5.74) is 1.52. The molecule has 0 radical (unpaired) electrons. The highest BCUT2D eigenvalue weighted by Crippen LogP contribution is 2.19. The Morgan fingerprint density at radius 3 is 2.56 bits per heavy atom. The average molecular weight is 264 g/mol. The van der Waals surface area contributed by atoms with Crippen molar-refractivity contribution in [3.05, 3.63) is 46.2 Å². The molecule has 2 rings (SSSR count). The Bertz CT molecular complexity index is 550. The Hall–Kier alpha value is -1.75. The van der Waals surface area contributed by atoms with Gasteiger partial charge in [-0.15, -0.1) is 11.3 Å². The number of carbonyl (C=O) groups is 1. The fourth-order valence-electron chi connectivity index (χ4n) is 1.65. The standard InChI is InChI=1S/C13H13FN2OS/c1-9-15-12(8-18-9)7-16(10(2)17)13-5-3-11(14)4-6-13/h3-6,8H,7H2,1-2H3. The lowest BCUT2D eigenvalue weighted by molar-refractivity contribution is -0.116. The summed E-state index contributed by atoms with van der Waals surface area (Å²) in [6.45, 7) is 3.82. The molecule has 0 fully saturated rings. The van der Waals surface area contributed by atoms with Gasteiger partial charge in [-0.25, -0.2) is 9.37 Å². The maximum absolute atomic E-state index is 12.9. The van der Waals surface area contributed by atoms with Crippen LogP contribution in [0.15, 0.2) is 29.6 Å². The number of nitrogens with zero attached hydrogens (tertiary/aromatic N) is 2. The molecular weight excluding hydrogens is 251 g/mol. The number of anilines is 1. The fourth-order valence-corrected chi connectivity index (χ4v) is 2.25. The van der Waals surface area contributed by atoms with Gasteiger partial charge in [-0.1, -0.05) is 0 Å². The van der Waals surface area contributed by atoms with Crippen molar-refractivity contribution in [1.29, 1.82) is 0 Å². The zero-order chi connectivity index (χ0) is 13.1. The molecule has 3 nitrogen and oxygen atoms in total. The van der Waals surface area contributed by atoms with E-state index >= 15 is 0 Å². The lowest BCUT2D eigenvalue weighted by Crippen LogP contribution is -2.27. The van der Waals surface area contributed by atoms with Gasteiger partial charge in [0.15, 0.2) is 0 Å². The van der Waals surface area contributed by atoms with Crippen molar-refractivity contribution in [2.45, 2.75) is 20.4 Å². The molecule has 0 unspecified atom stereocenters. The highest BCUT2D eigenvalue weighted by atomic mass is 32.1. The summed E-state index contributed by atoms with van der Waals surface area (Å²) < 4.78 is 12.9. The van der Waals surface area contributed by atoms with E-state index in [1.807, 2.05) is 12.3 Å². The van der Waals surface area contributed by atoms with E-state index in [0.29, 0.717) is 12.2 Å². The summed E-state index contributed by atoms with van der Waals surface area (Å²) in [5.74, 6) is -0.404. The molecule has 0 N–H and O–H groups in total. The van der Waals surface area contributed by atoms with Gasteiger partial charge in [-0.05, 0) is 31.2 Å². The first-order valence-corrected chi connectivity index (χ1v) is 6.39. The van der Waals surface area contributed by atoms with Crippen LogP contribution in [0.3, 0.4) is 0 Å². The van der Waals surface area contributed by atoms with E-state index < -0.39 is 0 Å². The van der Waals surface area contributed by atoms with Crippen LogP contribution in [-0.4, -0.2) is 10.9 Å². The van der Waals surface area contributed by atoms with Crippen molar-refractivity contribution in [3.8, 4) is 0 Å². The van der Waals surface area contributed by atoms with Crippen molar-refractivity contribution >= 4 is 22.9 Å². The Morgan fingerprint density at radius 2 is 2.06 bits per heavy atom. The lowest BCUT2D eigenvalue weighted by atomic mass is 10.2. The van der Waals surface area contributed by atoms with Crippen LogP contribution >= 0.6 is 11.3 Å². The van der Waals surface area contributed by atoms with E-state index in [2.05, 4.69) is 4.98 Å². The van der Waals surface area contributed by atoms with Gasteiger partial charge in [0, 0.05) is 18.0 Å². The molecule has 18 heavy (non-hydrogen) atoms. The lowest BCUT2D eigenvalue weighted by Gasteiger charge is -2.20. The number of halogens is 1. The first kappa shape index (κ1) is 12.7. The number of amides is 1. The maximum atomic E-state index is 12.9. The molecule has 1 amide bonds. The highest BCUT2D eigenvalue weighted by Gasteiger charge is 2.13. The predicted molar refractivity (Wildman–Crippen MR) is 70.1 cm³/mol. The van der Waals surface area contributed by atoms with Crippen LogP contribution in [0.5, 0.6) is 0 Å². The summed E-state index contributed by atoms with van der Waals surface area (Å²) in [6, 6.07) is 5.88. The van der Waals surface area contributed by atoms with Crippen molar-refractivity contribution < 1.29 is 9.18 Å². The Balaban J connectivity index is 2.23. The number of aryl methyl sites for hydroxylation is 1. The van der Waals surface area contributed by atoms with E-state index in [9.17, 15) is 9.18 Å². The minimum Gasteiger partial charge on any atom is -0.307 e. The van der Waals surface area contributed by atoms with Gasteiger partial charge in [0.2, 0.25) is 5.91 Å². The average Bonchev–Trinajstić information content (AvgIpc) is 2.73. The minimum atomic E-state index is -0.313. The molecule has 0 saturated carbocycles. The van der Waals surface area contributed by atoms with Crippen LogP contribution in [0.4, 0.5) is 10.1 Å². The number of rotatable bonds is 3. The number of benzene rings is 1. The van der Waals surface area contributed by atoms with Gasteiger partial charge in [-0.3, -0.25) is 4.79 Å². The second kappa shape index (κ2) is 5.27. The third-order valence-corrected chi connectivity index (χ3v) is 3.33. The largest absolute Gasteiger partial charge is 0.307 e. The molecule has 0 aliphatic rings. The van der Waals surface area contributed by atoms with Gasteiger partial charge in [0.1, 0.15) is 5.82 Å². The van der Waals surface area contributed by atoms with Gasteiger partial charge < -0.3 is 4.90 Å². The van der Waals surface area contributed by atoms with Crippen LogP contribution in [0.1, 0.15) is 17.6 Å².